The molecule has 5 heteroatoms. The molecule has 4 atom stereocenters. The van der Waals surface area contributed by atoms with E-state index < -0.39 is 0 Å². The maximum atomic E-state index is 2.72. The fourth-order valence-electron chi connectivity index (χ4n) is 3.04. The quantitative estimate of drug-likeness (QED) is 0.138. The number of aryl methyl sites for hydroxylation is 8. The molecular formula is C32H44P4Pd. The average Bonchev–Trinajstić information content (AvgIpc) is 2.81. The van der Waals surface area contributed by atoms with Crippen molar-refractivity contribution in [3.05, 3.63) is 117 Å². The Morgan fingerprint density at radius 3 is 0.595 bits per heavy atom. The van der Waals surface area contributed by atoms with Gasteiger partial charge >= 0.3 is 0 Å². The van der Waals surface area contributed by atoms with E-state index in [2.05, 4.69) is 165 Å². The Hall–Kier alpha value is -0.738. The van der Waals surface area contributed by atoms with E-state index in [4.69, 9.17) is 0 Å². The molecule has 4 aromatic carbocycles. The minimum Gasteiger partial charge on any atom is -0.105 e. The Morgan fingerprint density at radius 1 is 0.324 bits per heavy atom. The van der Waals surface area contributed by atoms with Crippen molar-refractivity contribution in [2.75, 3.05) is 0 Å². The molecule has 0 N–H and O–H groups in total. The third kappa shape index (κ3) is 14.8. The molecule has 4 aromatic rings. The van der Waals surface area contributed by atoms with Gasteiger partial charge in [-0.2, -0.15) is 0 Å². The molecule has 0 saturated heterocycles. The van der Waals surface area contributed by atoms with Crippen LogP contribution >= 0.6 is 37.0 Å². The van der Waals surface area contributed by atoms with Crippen LogP contribution in [0, 0.1) is 55.4 Å². The number of rotatable bonds is 0. The van der Waals surface area contributed by atoms with Crippen LogP contribution in [0.15, 0.2) is 72.8 Å². The molecule has 0 aliphatic heterocycles. The second kappa shape index (κ2) is 18.5. The van der Waals surface area contributed by atoms with Crippen molar-refractivity contribution in [3.63, 3.8) is 0 Å². The Kier molecular flexibility index (Phi) is 18.2. The van der Waals surface area contributed by atoms with Crippen LogP contribution in [-0.2, 0) is 20.4 Å². The van der Waals surface area contributed by atoms with Gasteiger partial charge in [-0.25, -0.2) is 0 Å². The molecule has 0 aliphatic rings. The molecule has 0 saturated carbocycles. The molecule has 202 valence electrons. The molecular weight excluding hydrogens is 615 g/mol. The van der Waals surface area contributed by atoms with E-state index in [-0.39, 0.29) is 20.4 Å². The van der Waals surface area contributed by atoms with Crippen molar-refractivity contribution in [1.82, 2.24) is 0 Å². The normalized spacial score (nSPS) is 9.41. The van der Waals surface area contributed by atoms with Gasteiger partial charge in [-0.15, -0.1) is 37.0 Å². The second-order valence-electron chi connectivity index (χ2n) is 9.44. The SMILES string of the molecule is Cc1ccc(C)c(P)c1.Cc1ccc(C)c(P)c1.Cc1ccc(C)c(P)c1.Cc1ccc(C)c(P)c1.[Pd]. The zero-order chi connectivity index (χ0) is 27.4. The summed E-state index contributed by atoms with van der Waals surface area (Å²) in [5.41, 5.74) is 10.7. The van der Waals surface area contributed by atoms with Crippen LogP contribution in [0.1, 0.15) is 44.5 Å². The van der Waals surface area contributed by atoms with Crippen LogP contribution in [0.4, 0.5) is 0 Å². The summed E-state index contributed by atoms with van der Waals surface area (Å²) in [6.07, 6.45) is 0. The summed E-state index contributed by atoms with van der Waals surface area (Å²) < 4.78 is 0. The van der Waals surface area contributed by atoms with E-state index in [1.54, 1.807) is 0 Å². The van der Waals surface area contributed by atoms with E-state index in [9.17, 15) is 0 Å². The van der Waals surface area contributed by atoms with Crippen LogP contribution < -0.4 is 21.2 Å². The summed E-state index contributed by atoms with van der Waals surface area (Å²) in [6.45, 7) is 16.9. The van der Waals surface area contributed by atoms with Crippen molar-refractivity contribution in [2.24, 2.45) is 0 Å². The third-order valence-corrected chi connectivity index (χ3v) is 8.23. The van der Waals surface area contributed by atoms with Gasteiger partial charge in [-0.1, -0.05) is 95.1 Å². The minimum absolute atomic E-state index is 0. The largest absolute Gasteiger partial charge is 0.105 e. The molecule has 4 unspecified atom stereocenters. The Bertz CT molecular complexity index is 1070. The van der Waals surface area contributed by atoms with Gasteiger partial charge < -0.3 is 0 Å². The third-order valence-electron chi connectivity index (χ3n) is 5.74. The molecule has 0 spiro atoms. The number of hydrogen-bond acceptors (Lipinski definition) is 0. The Balaban J connectivity index is 0.000000463. The molecule has 0 nitrogen and oxygen atoms in total. The first-order chi connectivity index (χ1) is 16.8. The monoisotopic (exact) mass is 658 g/mol. The van der Waals surface area contributed by atoms with Gasteiger partial charge in [0.05, 0.1) is 0 Å². The van der Waals surface area contributed by atoms with Gasteiger partial charge in [0.25, 0.3) is 0 Å². The van der Waals surface area contributed by atoms with E-state index in [0.29, 0.717) is 0 Å². The van der Waals surface area contributed by atoms with Crippen molar-refractivity contribution in [2.45, 2.75) is 55.4 Å². The average molecular weight is 659 g/mol. The minimum atomic E-state index is 0. The van der Waals surface area contributed by atoms with Crippen molar-refractivity contribution < 1.29 is 20.4 Å². The molecule has 0 bridgehead atoms. The second-order valence-corrected chi connectivity index (χ2v) is 11.9. The predicted octanol–water partition coefficient (Wildman–Crippen LogP) is 7.21. The predicted molar refractivity (Wildman–Crippen MR) is 181 cm³/mol. The molecule has 4 rings (SSSR count). The fraction of sp³-hybridized carbons (Fsp3) is 0.250. The molecule has 0 amide bonds. The molecule has 37 heavy (non-hydrogen) atoms. The summed E-state index contributed by atoms with van der Waals surface area (Å²) in [5, 5.41) is 5.20. The van der Waals surface area contributed by atoms with Gasteiger partial charge in [0, 0.05) is 20.4 Å². The molecule has 0 aliphatic carbocycles. The summed E-state index contributed by atoms with van der Waals surface area (Å²) >= 11 is 0. The Labute approximate surface area is 250 Å². The first-order valence-electron chi connectivity index (χ1n) is 12.1. The van der Waals surface area contributed by atoms with E-state index in [0.717, 1.165) is 0 Å². The van der Waals surface area contributed by atoms with Gasteiger partial charge in [0.2, 0.25) is 0 Å². The Morgan fingerprint density at radius 2 is 0.486 bits per heavy atom. The smallest absolute Gasteiger partial charge is 0 e. The molecule has 0 fully saturated rings. The maximum Gasteiger partial charge on any atom is 0 e. The zero-order valence-electron chi connectivity index (χ0n) is 23.6. The topological polar surface area (TPSA) is 0 Å². The summed E-state index contributed by atoms with van der Waals surface area (Å²) in [6, 6.07) is 25.7. The molecule has 0 radical (unpaired) electrons. The van der Waals surface area contributed by atoms with Crippen molar-refractivity contribution in [3.8, 4) is 0 Å². The van der Waals surface area contributed by atoms with Gasteiger partial charge in [0.1, 0.15) is 0 Å². The standard InChI is InChI=1S/4C8H11P.Pd/c4*1-6-3-4-7(2)8(9)5-6;/h4*3-5H,9H2,1-2H3;. The molecule has 0 aromatic heterocycles. The van der Waals surface area contributed by atoms with Crippen LogP contribution in [-0.4, -0.2) is 0 Å². The van der Waals surface area contributed by atoms with Crippen LogP contribution in [0.2, 0.25) is 0 Å². The van der Waals surface area contributed by atoms with E-state index in [1.807, 2.05) is 0 Å². The van der Waals surface area contributed by atoms with Crippen LogP contribution in [0.3, 0.4) is 0 Å². The summed E-state index contributed by atoms with van der Waals surface area (Å²) in [5.74, 6) is 0. The van der Waals surface area contributed by atoms with Gasteiger partial charge in [-0.3, -0.25) is 0 Å². The fourth-order valence-corrected chi connectivity index (χ4v) is 4.48. The summed E-state index contributed by atoms with van der Waals surface area (Å²) in [7, 11) is 10.9. The van der Waals surface area contributed by atoms with Gasteiger partial charge in [0.15, 0.2) is 0 Å². The van der Waals surface area contributed by atoms with E-state index in [1.165, 1.54) is 65.7 Å². The van der Waals surface area contributed by atoms with Crippen LogP contribution in [0.5, 0.6) is 0 Å². The first-order valence-corrected chi connectivity index (χ1v) is 14.4. The number of benzene rings is 4. The molecule has 0 heterocycles. The zero-order valence-corrected chi connectivity index (χ0v) is 29.7. The van der Waals surface area contributed by atoms with Crippen molar-refractivity contribution >= 4 is 58.2 Å². The summed E-state index contributed by atoms with van der Waals surface area (Å²) in [4.78, 5) is 0. The van der Waals surface area contributed by atoms with Gasteiger partial charge in [-0.05, 0) is 98.9 Å². The number of hydrogen-bond donors (Lipinski definition) is 0. The van der Waals surface area contributed by atoms with E-state index >= 15 is 0 Å². The van der Waals surface area contributed by atoms with Crippen LogP contribution in [0.25, 0.3) is 0 Å². The maximum absolute atomic E-state index is 2.72. The first kappa shape index (κ1) is 36.3. The van der Waals surface area contributed by atoms with Crippen molar-refractivity contribution in [1.29, 1.82) is 0 Å².